The lowest BCUT2D eigenvalue weighted by molar-refractivity contribution is -0.131. The summed E-state index contributed by atoms with van der Waals surface area (Å²) in [6.45, 7) is 1.17. The predicted molar refractivity (Wildman–Crippen MR) is 91.0 cm³/mol. The van der Waals surface area contributed by atoms with Crippen LogP contribution in [0.25, 0.3) is 0 Å². The minimum Gasteiger partial charge on any atom is -0.507 e. The third kappa shape index (κ3) is 2.99. The number of hydrogen-bond donors (Lipinski definition) is 2. The molecule has 0 fully saturated rings. The number of ketones is 2. The first-order chi connectivity index (χ1) is 11.9. The van der Waals surface area contributed by atoms with Gasteiger partial charge in [-0.05, 0) is 24.3 Å². The molecule has 7 heteroatoms. The summed E-state index contributed by atoms with van der Waals surface area (Å²) in [5, 5.41) is 12.4. The van der Waals surface area contributed by atoms with Crippen LogP contribution >= 0.6 is 11.6 Å². The molecule has 0 atom stereocenters. The average Bonchev–Trinajstić information content (AvgIpc) is 2.58. The van der Waals surface area contributed by atoms with Gasteiger partial charge in [0.15, 0.2) is 0 Å². The molecule has 0 aromatic heterocycles. The number of phenolic OH excluding ortho intramolecular Hbond substituents is 1. The van der Waals surface area contributed by atoms with Gasteiger partial charge >= 0.3 is 5.97 Å². The Hall–Kier alpha value is -3.12. The van der Waals surface area contributed by atoms with Gasteiger partial charge in [0.2, 0.25) is 11.6 Å². The zero-order chi connectivity index (χ0) is 18.1. The summed E-state index contributed by atoms with van der Waals surface area (Å²) < 4.78 is 5.00. The number of para-hydroxylation sites is 1. The van der Waals surface area contributed by atoms with Crippen LogP contribution in [0, 0.1) is 0 Å². The van der Waals surface area contributed by atoms with Crippen molar-refractivity contribution in [2.45, 2.75) is 6.92 Å². The smallest absolute Gasteiger partial charge is 0.308 e. The largest absolute Gasteiger partial charge is 0.507 e. The standard InChI is InChI=1S/C18H12ClNO5/c1-9(21)25-12-8-7-11(22)13-14(12)18(24)16(15(19)17(13)23)20-10-5-3-2-4-6-10/h2-8,20,22H,1H3. The molecule has 2 aromatic rings. The number of Topliss-reactive ketones (excluding diaryl/α,β-unsaturated/α-hetero) is 2. The van der Waals surface area contributed by atoms with E-state index in [9.17, 15) is 19.5 Å². The average molecular weight is 358 g/mol. The number of hydrogen-bond acceptors (Lipinski definition) is 6. The minimum atomic E-state index is -0.735. The lowest BCUT2D eigenvalue weighted by atomic mass is 9.90. The van der Waals surface area contributed by atoms with Crippen LogP contribution in [0.1, 0.15) is 27.6 Å². The number of nitrogens with one attached hydrogen (secondary N) is 1. The highest BCUT2D eigenvalue weighted by Gasteiger charge is 2.36. The number of fused-ring (bicyclic) bond motifs is 1. The van der Waals surface area contributed by atoms with Crippen LogP contribution in [0.15, 0.2) is 53.2 Å². The number of esters is 1. The Bertz CT molecular complexity index is 934. The maximum absolute atomic E-state index is 12.9. The highest BCUT2D eigenvalue weighted by Crippen LogP contribution is 2.39. The third-order valence-corrected chi connectivity index (χ3v) is 3.90. The van der Waals surface area contributed by atoms with Crippen LogP contribution in [0.2, 0.25) is 0 Å². The van der Waals surface area contributed by atoms with Crippen LogP contribution in [0.4, 0.5) is 5.69 Å². The number of carbonyl (C=O) groups excluding carboxylic acids is 3. The predicted octanol–water partition coefficient (Wildman–Crippen LogP) is 3.26. The molecule has 0 amide bonds. The van der Waals surface area contributed by atoms with Crippen molar-refractivity contribution in [2.24, 2.45) is 0 Å². The Balaban J connectivity index is 2.14. The zero-order valence-electron chi connectivity index (χ0n) is 13.0. The summed E-state index contributed by atoms with van der Waals surface area (Å²) in [5.74, 6) is -2.58. The van der Waals surface area contributed by atoms with E-state index < -0.39 is 23.3 Å². The number of phenols is 1. The first-order valence-electron chi connectivity index (χ1n) is 7.25. The Morgan fingerprint density at radius 1 is 1.04 bits per heavy atom. The highest BCUT2D eigenvalue weighted by atomic mass is 35.5. The summed E-state index contributed by atoms with van der Waals surface area (Å²) >= 11 is 6.06. The van der Waals surface area contributed by atoms with Crippen LogP contribution in [0.5, 0.6) is 11.5 Å². The molecule has 0 bridgehead atoms. The van der Waals surface area contributed by atoms with Crippen LogP contribution in [-0.4, -0.2) is 22.6 Å². The van der Waals surface area contributed by atoms with Crippen molar-refractivity contribution >= 4 is 34.8 Å². The molecule has 0 saturated heterocycles. The van der Waals surface area contributed by atoms with E-state index in [2.05, 4.69) is 5.32 Å². The molecular formula is C18H12ClNO5. The van der Waals surface area contributed by atoms with Crippen molar-refractivity contribution in [1.82, 2.24) is 0 Å². The van der Waals surface area contributed by atoms with Crippen molar-refractivity contribution in [2.75, 3.05) is 5.32 Å². The Labute approximate surface area is 147 Å². The second kappa shape index (κ2) is 6.41. The number of halogens is 1. The van der Waals surface area contributed by atoms with E-state index >= 15 is 0 Å². The molecule has 2 aromatic carbocycles. The number of aromatic hydroxyl groups is 1. The maximum atomic E-state index is 12.9. The molecule has 1 aliphatic rings. The maximum Gasteiger partial charge on any atom is 0.308 e. The Kier molecular flexibility index (Phi) is 4.29. The van der Waals surface area contributed by atoms with Gasteiger partial charge in [-0.25, -0.2) is 0 Å². The summed E-state index contributed by atoms with van der Waals surface area (Å²) in [7, 11) is 0. The molecule has 0 saturated carbocycles. The molecule has 3 rings (SSSR count). The number of allylic oxidation sites excluding steroid dienone is 2. The van der Waals surface area contributed by atoms with E-state index in [-0.39, 0.29) is 27.6 Å². The van der Waals surface area contributed by atoms with Crippen LogP contribution in [0.3, 0.4) is 0 Å². The van der Waals surface area contributed by atoms with E-state index in [0.29, 0.717) is 5.69 Å². The van der Waals surface area contributed by atoms with Crippen LogP contribution in [-0.2, 0) is 4.79 Å². The Morgan fingerprint density at radius 3 is 2.36 bits per heavy atom. The summed E-state index contributed by atoms with van der Waals surface area (Å²) in [5.41, 5.74) is -0.0887. The summed E-state index contributed by atoms with van der Waals surface area (Å²) in [6, 6.07) is 11.1. The first-order valence-corrected chi connectivity index (χ1v) is 7.63. The molecule has 0 heterocycles. The SMILES string of the molecule is CC(=O)Oc1ccc(O)c2c1C(=O)C(Nc1ccccc1)=C(Cl)C2=O. The van der Waals surface area contributed by atoms with Gasteiger partial charge in [0.05, 0.1) is 11.1 Å². The van der Waals surface area contributed by atoms with Gasteiger partial charge in [0.25, 0.3) is 0 Å². The fourth-order valence-corrected chi connectivity index (χ4v) is 2.72. The normalized spacial score (nSPS) is 13.5. The zero-order valence-corrected chi connectivity index (χ0v) is 13.8. The van der Waals surface area contributed by atoms with Crippen LogP contribution < -0.4 is 10.1 Å². The Morgan fingerprint density at radius 2 is 1.72 bits per heavy atom. The van der Waals surface area contributed by atoms with Crippen molar-refractivity contribution < 1.29 is 24.2 Å². The lowest BCUT2D eigenvalue weighted by Gasteiger charge is -2.21. The van der Waals surface area contributed by atoms with Gasteiger partial charge in [-0.1, -0.05) is 29.8 Å². The van der Waals surface area contributed by atoms with E-state index in [0.717, 1.165) is 0 Å². The number of anilines is 1. The van der Waals surface area contributed by atoms with Gasteiger partial charge in [0.1, 0.15) is 22.2 Å². The third-order valence-electron chi connectivity index (χ3n) is 3.54. The first kappa shape index (κ1) is 16.7. The summed E-state index contributed by atoms with van der Waals surface area (Å²) in [4.78, 5) is 36.7. The van der Waals surface area contributed by atoms with E-state index in [1.807, 2.05) is 0 Å². The van der Waals surface area contributed by atoms with Gasteiger partial charge in [-0.2, -0.15) is 0 Å². The molecule has 0 unspecified atom stereocenters. The molecule has 0 radical (unpaired) electrons. The molecule has 25 heavy (non-hydrogen) atoms. The number of ether oxygens (including phenoxy) is 1. The van der Waals surface area contributed by atoms with Gasteiger partial charge in [-0.15, -0.1) is 0 Å². The van der Waals surface area contributed by atoms with E-state index in [1.54, 1.807) is 30.3 Å². The highest BCUT2D eigenvalue weighted by molar-refractivity contribution is 6.50. The van der Waals surface area contributed by atoms with Crippen molar-refractivity contribution in [3.05, 3.63) is 64.3 Å². The van der Waals surface area contributed by atoms with Crippen molar-refractivity contribution in [3.63, 3.8) is 0 Å². The summed E-state index contributed by atoms with van der Waals surface area (Å²) in [6.07, 6.45) is 0. The molecule has 2 N–H and O–H groups in total. The van der Waals surface area contributed by atoms with Gasteiger partial charge in [0, 0.05) is 12.6 Å². The van der Waals surface area contributed by atoms with E-state index in [1.165, 1.54) is 19.1 Å². The monoisotopic (exact) mass is 357 g/mol. The quantitative estimate of drug-likeness (QED) is 0.647. The molecule has 1 aliphatic carbocycles. The number of carbonyl (C=O) groups is 3. The molecule has 126 valence electrons. The van der Waals surface area contributed by atoms with E-state index in [4.69, 9.17) is 16.3 Å². The van der Waals surface area contributed by atoms with Crippen molar-refractivity contribution in [3.8, 4) is 11.5 Å². The molecular weight excluding hydrogens is 346 g/mol. The number of benzene rings is 2. The number of rotatable bonds is 3. The second-order valence-electron chi connectivity index (χ2n) is 5.26. The van der Waals surface area contributed by atoms with Gasteiger partial charge in [-0.3, -0.25) is 14.4 Å². The van der Waals surface area contributed by atoms with Crippen molar-refractivity contribution in [1.29, 1.82) is 0 Å². The topological polar surface area (TPSA) is 92.7 Å². The molecule has 6 nitrogen and oxygen atoms in total. The lowest BCUT2D eigenvalue weighted by Crippen LogP contribution is -2.25. The molecule has 0 aliphatic heterocycles. The fraction of sp³-hybridized carbons (Fsp3) is 0.0556. The second-order valence-corrected chi connectivity index (χ2v) is 5.64. The molecule has 0 spiro atoms. The fourth-order valence-electron chi connectivity index (χ4n) is 2.49. The minimum absolute atomic E-state index is 0.116. The van der Waals surface area contributed by atoms with Gasteiger partial charge < -0.3 is 15.2 Å².